The Hall–Kier alpha value is -1.90. The Morgan fingerprint density at radius 1 is 1.35 bits per heavy atom. The van der Waals surface area contributed by atoms with Gasteiger partial charge in [0.15, 0.2) is 0 Å². The average Bonchev–Trinajstić information content (AvgIpc) is 2.34. The number of hydrogen-bond donors (Lipinski definition) is 2. The molecule has 0 radical (unpaired) electrons. The molecule has 6 nitrogen and oxygen atoms in total. The number of halogens is 2. The van der Waals surface area contributed by atoms with Gasteiger partial charge in [0.1, 0.15) is 11.6 Å². The normalized spacial score (nSPS) is 11.2. The second-order valence-electron chi connectivity index (χ2n) is 3.83. The summed E-state index contributed by atoms with van der Waals surface area (Å²) < 4.78 is 56.0. The highest BCUT2D eigenvalue weighted by Crippen LogP contribution is 2.22. The van der Waals surface area contributed by atoms with Gasteiger partial charge in [0.25, 0.3) is 0 Å². The summed E-state index contributed by atoms with van der Waals surface area (Å²) in [5.74, 6) is -3.35. The molecule has 0 bridgehead atoms. The van der Waals surface area contributed by atoms with Gasteiger partial charge in [-0.2, -0.15) is 0 Å². The summed E-state index contributed by atoms with van der Waals surface area (Å²) in [7, 11) is -3.97. The van der Waals surface area contributed by atoms with E-state index in [1.807, 2.05) is 4.72 Å². The van der Waals surface area contributed by atoms with Gasteiger partial charge in [0, 0.05) is 6.07 Å². The van der Waals surface area contributed by atoms with Crippen molar-refractivity contribution in [2.75, 3.05) is 22.8 Å². The largest absolute Gasteiger partial charge is 0.466 e. The standard InChI is InChI=1S/C11H14F2N2O4S/c1-2-19-11(16)3-4-20(17,18)15-10-6-9(14)7(12)5-8(10)13/h5-6,15H,2-4,14H2,1H3. The molecule has 0 unspecified atom stereocenters. The third-order valence-electron chi connectivity index (χ3n) is 2.23. The molecule has 0 aliphatic heterocycles. The summed E-state index contributed by atoms with van der Waals surface area (Å²) in [6.07, 6.45) is -0.374. The fourth-order valence-corrected chi connectivity index (χ4v) is 2.34. The number of benzene rings is 1. The lowest BCUT2D eigenvalue weighted by Crippen LogP contribution is -2.20. The summed E-state index contributed by atoms with van der Waals surface area (Å²) in [4.78, 5) is 11.0. The quantitative estimate of drug-likeness (QED) is 0.608. The molecule has 0 saturated heterocycles. The zero-order chi connectivity index (χ0) is 15.3. The van der Waals surface area contributed by atoms with Crippen LogP contribution in [0.5, 0.6) is 0 Å². The van der Waals surface area contributed by atoms with Gasteiger partial charge >= 0.3 is 5.97 Å². The summed E-state index contributed by atoms with van der Waals surface area (Å²) in [6, 6.07) is 1.30. The Balaban J connectivity index is 2.76. The van der Waals surface area contributed by atoms with Crippen molar-refractivity contribution in [2.24, 2.45) is 0 Å². The van der Waals surface area contributed by atoms with Crippen LogP contribution in [0, 0.1) is 11.6 Å². The van der Waals surface area contributed by atoms with Crippen molar-refractivity contribution in [1.82, 2.24) is 0 Å². The van der Waals surface area contributed by atoms with Crippen LogP contribution in [-0.4, -0.2) is 26.7 Å². The summed E-state index contributed by atoms with van der Waals surface area (Å²) in [5.41, 5.74) is 4.35. The molecule has 0 amide bonds. The smallest absolute Gasteiger partial charge is 0.306 e. The van der Waals surface area contributed by atoms with Crippen molar-refractivity contribution in [3.8, 4) is 0 Å². The van der Waals surface area contributed by atoms with E-state index in [1.54, 1.807) is 6.92 Å². The first kappa shape index (κ1) is 16.2. The zero-order valence-corrected chi connectivity index (χ0v) is 11.5. The fraction of sp³-hybridized carbons (Fsp3) is 0.364. The summed E-state index contributed by atoms with van der Waals surface area (Å²) >= 11 is 0. The van der Waals surface area contributed by atoms with Crippen LogP contribution in [0.3, 0.4) is 0 Å². The lowest BCUT2D eigenvalue weighted by Gasteiger charge is -2.09. The number of anilines is 2. The Morgan fingerprint density at radius 3 is 2.60 bits per heavy atom. The van der Waals surface area contributed by atoms with E-state index in [0.29, 0.717) is 6.07 Å². The molecule has 1 aromatic carbocycles. The van der Waals surface area contributed by atoms with Crippen molar-refractivity contribution in [2.45, 2.75) is 13.3 Å². The molecular weight excluding hydrogens is 294 g/mol. The average molecular weight is 308 g/mol. The van der Waals surface area contributed by atoms with Crippen molar-refractivity contribution in [3.63, 3.8) is 0 Å². The predicted octanol–water partition coefficient (Wildman–Crippen LogP) is 1.24. The van der Waals surface area contributed by atoms with Crippen molar-refractivity contribution in [1.29, 1.82) is 0 Å². The first-order chi connectivity index (χ1) is 9.25. The van der Waals surface area contributed by atoms with Crippen LogP contribution < -0.4 is 10.5 Å². The number of ether oxygens (including phenoxy) is 1. The highest BCUT2D eigenvalue weighted by molar-refractivity contribution is 7.92. The minimum atomic E-state index is -3.97. The van der Waals surface area contributed by atoms with Crippen LogP contribution in [0.2, 0.25) is 0 Å². The van der Waals surface area contributed by atoms with E-state index in [9.17, 15) is 22.0 Å². The maximum atomic E-state index is 13.4. The van der Waals surface area contributed by atoms with Crippen molar-refractivity contribution in [3.05, 3.63) is 23.8 Å². The van der Waals surface area contributed by atoms with Crippen LogP contribution in [0.1, 0.15) is 13.3 Å². The van der Waals surface area contributed by atoms with Gasteiger partial charge in [-0.05, 0) is 13.0 Å². The van der Waals surface area contributed by atoms with Gasteiger partial charge in [-0.25, -0.2) is 17.2 Å². The number of hydrogen-bond acceptors (Lipinski definition) is 5. The van der Waals surface area contributed by atoms with E-state index in [1.165, 1.54) is 0 Å². The van der Waals surface area contributed by atoms with Crippen LogP contribution in [-0.2, 0) is 19.6 Å². The second-order valence-corrected chi connectivity index (χ2v) is 5.67. The SMILES string of the molecule is CCOC(=O)CCS(=O)(=O)Nc1cc(N)c(F)cc1F. The Morgan fingerprint density at radius 2 is 2.00 bits per heavy atom. The molecule has 20 heavy (non-hydrogen) atoms. The highest BCUT2D eigenvalue weighted by atomic mass is 32.2. The zero-order valence-electron chi connectivity index (χ0n) is 10.7. The maximum Gasteiger partial charge on any atom is 0.306 e. The number of esters is 1. The number of sulfonamides is 1. The molecule has 0 aliphatic rings. The molecule has 0 atom stereocenters. The van der Waals surface area contributed by atoms with E-state index in [2.05, 4.69) is 4.74 Å². The van der Waals surface area contributed by atoms with Crippen molar-refractivity contribution >= 4 is 27.4 Å². The van der Waals surface area contributed by atoms with Crippen LogP contribution in [0.25, 0.3) is 0 Å². The molecule has 3 N–H and O–H groups in total. The molecule has 0 saturated carbocycles. The summed E-state index contributed by atoms with van der Waals surface area (Å²) in [5, 5.41) is 0. The molecule has 1 rings (SSSR count). The molecule has 0 heterocycles. The van der Waals surface area contributed by atoms with Gasteiger partial charge in [0.2, 0.25) is 10.0 Å². The van der Waals surface area contributed by atoms with Gasteiger partial charge in [-0.15, -0.1) is 0 Å². The lowest BCUT2D eigenvalue weighted by atomic mass is 10.2. The second kappa shape index (κ2) is 6.51. The van der Waals surface area contributed by atoms with E-state index in [0.717, 1.165) is 6.07 Å². The highest BCUT2D eigenvalue weighted by Gasteiger charge is 2.17. The minimum absolute atomic E-state index is 0.134. The summed E-state index contributed by atoms with van der Waals surface area (Å²) in [6.45, 7) is 1.72. The first-order valence-corrected chi connectivity index (χ1v) is 7.31. The molecular formula is C11H14F2N2O4S. The van der Waals surface area contributed by atoms with E-state index in [4.69, 9.17) is 5.73 Å². The van der Waals surface area contributed by atoms with Crippen LogP contribution >= 0.6 is 0 Å². The molecule has 9 heteroatoms. The lowest BCUT2D eigenvalue weighted by molar-refractivity contribution is -0.142. The minimum Gasteiger partial charge on any atom is -0.466 e. The molecule has 112 valence electrons. The van der Waals surface area contributed by atoms with E-state index in [-0.39, 0.29) is 13.0 Å². The fourth-order valence-electron chi connectivity index (χ4n) is 1.31. The number of rotatable bonds is 6. The van der Waals surface area contributed by atoms with E-state index >= 15 is 0 Å². The Bertz CT molecular complexity index is 605. The molecule has 0 aliphatic carbocycles. The predicted molar refractivity (Wildman–Crippen MR) is 69.4 cm³/mol. The van der Waals surface area contributed by atoms with Gasteiger partial charge in [-0.1, -0.05) is 0 Å². The van der Waals surface area contributed by atoms with Gasteiger partial charge < -0.3 is 10.5 Å². The monoisotopic (exact) mass is 308 g/mol. The first-order valence-electron chi connectivity index (χ1n) is 5.66. The van der Waals surface area contributed by atoms with E-state index < -0.39 is 44.8 Å². The number of nitrogens with one attached hydrogen (secondary N) is 1. The number of nitrogens with two attached hydrogens (primary N) is 1. The van der Waals surface area contributed by atoms with Crippen molar-refractivity contribution < 1.29 is 26.7 Å². The third-order valence-corrected chi connectivity index (χ3v) is 3.50. The molecule has 0 aromatic heterocycles. The number of carbonyl (C=O) groups is 1. The Kier molecular flexibility index (Phi) is 5.26. The topological polar surface area (TPSA) is 98.5 Å². The van der Waals surface area contributed by atoms with Gasteiger partial charge in [0.05, 0.1) is 30.2 Å². The molecule has 0 spiro atoms. The van der Waals surface area contributed by atoms with Crippen LogP contribution in [0.4, 0.5) is 20.2 Å². The maximum absolute atomic E-state index is 13.4. The number of nitrogen functional groups attached to an aromatic ring is 1. The van der Waals surface area contributed by atoms with Crippen LogP contribution in [0.15, 0.2) is 12.1 Å². The molecule has 0 fully saturated rings. The number of carbonyl (C=O) groups excluding carboxylic acids is 1. The third kappa shape index (κ3) is 4.65. The molecule has 1 aromatic rings. The Labute approximate surface area is 115 Å². The van der Waals surface area contributed by atoms with Gasteiger partial charge in [-0.3, -0.25) is 9.52 Å².